The summed E-state index contributed by atoms with van der Waals surface area (Å²) in [5.41, 5.74) is 0.439. The Morgan fingerprint density at radius 1 is 1.23 bits per heavy atom. The molecule has 1 unspecified atom stereocenters. The van der Waals surface area contributed by atoms with Crippen LogP contribution in [0.2, 0.25) is 5.15 Å². The van der Waals surface area contributed by atoms with Gasteiger partial charge in [-0.15, -0.1) is 0 Å². The average Bonchev–Trinajstić information content (AvgIpc) is 3.18. The zero-order valence-electron chi connectivity index (χ0n) is 17.2. The van der Waals surface area contributed by atoms with Crippen LogP contribution in [0, 0.1) is 0 Å². The molecule has 8 nitrogen and oxygen atoms in total. The second-order valence-corrected chi connectivity index (χ2v) is 7.91. The number of halogens is 1. The van der Waals surface area contributed by atoms with Crippen molar-refractivity contribution in [1.82, 2.24) is 14.8 Å². The first-order chi connectivity index (χ1) is 15.0. The van der Waals surface area contributed by atoms with E-state index in [1.807, 2.05) is 30.3 Å². The highest BCUT2D eigenvalue weighted by Crippen LogP contribution is 2.25. The van der Waals surface area contributed by atoms with Crippen LogP contribution in [-0.2, 0) is 4.74 Å². The van der Waals surface area contributed by atoms with Gasteiger partial charge < -0.3 is 24.0 Å². The number of hydrogen-bond acceptors (Lipinski definition) is 6. The van der Waals surface area contributed by atoms with Gasteiger partial charge in [0.1, 0.15) is 17.5 Å². The van der Waals surface area contributed by atoms with Crippen LogP contribution in [0.5, 0.6) is 11.6 Å². The number of hydrogen-bond donors (Lipinski definition) is 0. The molecule has 1 atom stereocenters. The van der Waals surface area contributed by atoms with Crippen LogP contribution < -0.4 is 9.47 Å². The number of likely N-dealkylation sites (tertiary alicyclic amines) is 1. The Hall–Kier alpha value is -3.00. The number of carbonyl (C=O) groups is 2. The summed E-state index contributed by atoms with van der Waals surface area (Å²) in [5, 5.41) is 0.209. The van der Waals surface area contributed by atoms with Crippen LogP contribution in [0.3, 0.4) is 0 Å². The lowest BCUT2D eigenvalue weighted by molar-refractivity contribution is 0.0657. The van der Waals surface area contributed by atoms with Crippen molar-refractivity contribution in [2.45, 2.75) is 25.0 Å². The number of methoxy groups -OCH3 is 1. The Bertz CT molecular complexity index is 934. The molecule has 2 aliphatic rings. The molecule has 0 spiro atoms. The zero-order chi connectivity index (χ0) is 21.8. The number of rotatable bonds is 6. The summed E-state index contributed by atoms with van der Waals surface area (Å²) in [7, 11) is 1.48. The highest BCUT2D eigenvalue weighted by Gasteiger charge is 2.38. The minimum absolute atomic E-state index is 0.0360. The number of benzene rings is 1. The van der Waals surface area contributed by atoms with E-state index in [0.29, 0.717) is 50.5 Å². The lowest BCUT2D eigenvalue weighted by atomic mass is 10.0. The molecule has 2 fully saturated rings. The van der Waals surface area contributed by atoms with Gasteiger partial charge >= 0.3 is 6.09 Å². The lowest BCUT2D eigenvalue weighted by Crippen LogP contribution is -2.47. The van der Waals surface area contributed by atoms with Crippen molar-refractivity contribution in [1.29, 1.82) is 0 Å². The van der Waals surface area contributed by atoms with Crippen molar-refractivity contribution in [3.63, 3.8) is 0 Å². The van der Waals surface area contributed by atoms with Crippen molar-refractivity contribution in [3.8, 4) is 11.6 Å². The summed E-state index contributed by atoms with van der Waals surface area (Å²) in [5.74, 6) is 0.921. The molecule has 2 aliphatic heterocycles. The van der Waals surface area contributed by atoms with E-state index in [-0.39, 0.29) is 29.3 Å². The predicted octanol–water partition coefficient (Wildman–Crippen LogP) is 3.25. The number of piperidine rings is 1. The third-order valence-corrected chi connectivity index (χ3v) is 5.69. The molecule has 9 heteroatoms. The molecule has 2 aromatic rings. The van der Waals surface area contributed by atoms with E-state index < -0.39 is 0 Å². The molecule has 0 N–H and O–H groups in total. The molecule has 0 bridgehead atoms. The van der Waals surface area contributed by atoms with Crippen molar-refractivity contribution in [2.75, 3.05) is 33.4 Å². The van der Waals surface area contributed by atoms with Crippen LogP contribution in [0.4, 0.5) is 4.79 Å². The van der Waals surface area contributed by atoms with Gasteiger partial charge in [-0.3, -0.25) is 4.79 Å². The van der Waals surface area contributed by atoms with Crippen LogP contribution in [-0.4, -0.2) is 72.3 Å². The van der Waals surface area contributed by atoms with E-state index in [1.54, 1.807) is 15.9 Å². The standard InChI is InChI=1S/C22H24ClN3O5/c1-29-20-12-15(11-19(23)24-20)21(27)25-9-7-16(8-10-25)26-13-18(31-22(26)28)14-30-17-5-3-2-4-6-17/h2-6,11-12,16,18H,7-10,13-14H2,1H3. The summed E-state index contributed by atoms with van der Waals surface area (Å²) < 4.78 is 16.3. The topological polar surface area (TPSA) is 81.2 Å². The van der Waals surface area contributed by atoms with Crippen LogP contribution >= 0.6 is 11.6 Å². The summed E-state index contributed by atoms with van der Waals surface area (Å²) in [6, 6.07) is 12.6. The third-order valence-electron chi connectivity index (χ3n) is 5.50. The quantitative estimate of drug-likeness (QED) is 0.635. The van der Waals surface area contributed by atoms with Gasteiger partial charge in [-0.05, 0) is 31.0 Å². The number of amides is 2. The Balaban J connectivity index is 1.30. The van der Waals surface area contributed by atoms with Gasteiger partial charge in [0.2, 0.25) is 5.88 Å². The minimum Gasteiger partial charge on any atom is -0.490 e. The van der Waals surface area contributed by atoms with Crippen LogP contribution in [0.1, 0.15) is 23.2 Å². The van der Waals surface area contributed by atoms with Crippen LogP contribution in [0.25, 0.3) is 0 Å². The second kappa shape index (κ2) is 9.43. The number of cyclic esters (lactones) is 1. The molecule has 1 aromatic heterocycles. The Kier molecular flexibility index (Phi) is 6.46. The van der Waals surface area contributed by atoms with E-state index >= 15 is 0 Å². The number of aromatic nitrogens is 1. The number of ether oxygens (including phenoxy) is 3. The van der Waals surface area contributed by atoms with Gasteiger partial charge in [0.15, 0.2) is 6.10 Å². The van der Waals surface area contributed by atoms with E-state index in [0.717, 1.165) is 5.75 Å². The van der Waals surface area contributed by atoms with Crippen molar-refractivity contribution >= 4 is 23.6 Å². The minimum atomic E-state index is -0.322. The molecule has 0 aliphatic carbocycles. The summed E-state index contributed by atoms with van der Waals surface area (Å²) in [4.78, 5) is 32.7. The van der Waals surface area contributed by atoms with E-state index in [2.05, 4.69) is 4.98 Å². The second-order valence-electron chi connectivity index (χ2n) is 7.53. The highest BCUT2D eigenvalue weighted by molar-refractivity contribution is 6.29. The van der Waals surface area contributed by atoms with Crippen molar-refractivity contribution in [2.24, 2.45) is 0 Å². The molecule has 31 heavy (non-hydrogen) atoms. The first kappa shape index (κ1) is 21.2. The molecule has 0 saturated carbocycles. The number of para-hydroxylation sites is 1. The maximum atomic E-state index is 12.8. The number of carbonyl (C=O) groups excluding carboxylic acids is 2. The van der Waals surface area contributed by atoms with Gasteiger partial charge in [-0.1, -0.05) is 29.8 Å². The zero-order valence-corrected chi connectivity index (χ0v) is 18.0. The van der Waals surface area contributed by atoms with E-state index in [1.165, 1.54) is 13.2 Å². The fourth-order valence-corrected chi connectivity index (χ4v) is 4.10. The Morgan fingerprint density at radius 3 is 2.68 bits per heavy atom. The maximum absolute atomic E-state index is 12.8. The smallest absolute Gasteiger partial charge is 0.410 e. The highest BCUT2D eigenvalue weighted by atomic mass is 35.5. The molecule has 2 saturated heterocycles. The SMILES string of the molecule is COc1cc(C(=O)N2CCC(N3CC(COc4ccccc4)OC3=O)CC2)cc(Cl)n1. The molecule has 2 amide bonds. The first-order valence-corrected chi connectivity index (χ1v) is 10.6. The molecule has 3 heterocycles. The van der Waals surface area contributed by atoms with Gasteiger partial charge in [0.25, 0.3) is 5.91 Å². The molecule has 4 rings (SSSR count). The fourth-order valence-electron chi connectivity index (χ4n) is 3.90. The third kappa shape index (κ3) is 5.02. The number of nitrogens with zero attached hydrogens (tertiary/aromatic N) is 3. The lowest BCUT2D eigenvalue weighted by Gasteiger charge is -2.35. The fraction of sp³-hybridized carbons (Fsp3) is 0.409. The first-order valence-electron chi connectivity index (χ1n) is 10.2. The molecule has 1 aromatic carbocycles. The largest absolute Gasteiger partial charge is 0.490 e. The monoisotopic (exact) mass is 445 g/mol. The van der Waals surface area contributed by atoms with Gasteiger partial charge in [0.05, 0.1) is 13.7 Å². The van der Waals surface area contributed by atoms with Crippen molar-refractivity contribution < 1.29 is 23.8 Å². The maximum Gasteiger partial charge on any atom is 0.410 e. The van der Waals surface area contributed by atoms with E-state index in [4.69, 9.17) is 25.8 Å². The summed E-state index contributed by atoms with van der Waals surface area (Å²) in [6.07, 6.45) is 0.738. The van der Waals surface area contributed by atoms with Crippen LogP contribution in [0.15, 0.2) is 42.5 Å². The normalized spacial score (nSPS) is 19.3. The van der Waals surface area contributed by atoms with Crippen molar-refractivity contribution in [3.05, 3.63) is 53.2 Å². The average molecular weight is 446 g/mol. The summed E-state index contributed by atoms with van der Waals surface area (Å²) >= 11 is 5.99. The van der Waals surface area contributed by atoms with E-state index in [9.17, 15) is 9.59 Å². The van der Waals surface area contributed by atoms with Gasteiger partial charge in [-0.25, -0.2) is 9.78 Å². The molecular formula is C22H24ClN3O5. The molecular weight excluding hydrogens is 422 g/mol. The molecule has 0 radical (unpaired) electrons. The molecule has 164 valence electrons. The summed E-state index contributed by atoms with van der Waals surface area (Å²) in [6.45, 7) is 1.89. The van der Waals surface area contributed by atoms with Gasteiger partial charge in [-0.2, -0.15) is 0 Å². The number of pyridine rings is 1. The Labute approximate surface area is 185 Å². The van der Waals surface area contributed by atoms with Gasteiger partial charge in [0, 0.05) is 30.8 Å². The predicted molar refractivity (Wildman–Crippen MR) is 114 cm³/mol. The Morgan fingerprint density at radius 2 is 1.97 bits per heavy atom.